The number of ether oxygens (including phenoxy) is 1. The minimum absolute atomic E-state index is 0.0893. The van der Waals surface area contributed by atoms with E-state index in [9.17, 15) is 9.59 Å². The lowest BCUT2D eigenvalue weighted by Gasteiger charge is -2.47. The van der Waals surface area contributed by atoms with Crippen molar-refractivity contribution in [2.75, 3.05) is 33.8 Å². The number of rotatable bonds is 4. The van der Waals surface area contributed by atoms with Crippen LogP contribution in [-0.2, 0) is 27.8 Å². The van der Waals surface area contributed by atoms with E-state index in [0.717, 1.165) is 37.1 Å². The smallest absolute Gasteiger partial charge is 0.228 e. The molecule has 1 atom stereocenters. The SMILES string of the molecule is COC1CN(C)C(=O)C2(CCN(C(=O)CCc3c(C)nn(C)c3C)CC2)C1. The number of methoxy groups -OCH3 is 1. The molecule has 3 heterocycles. The van der Waals surface area contributed by atoms with Crippen LogP contribution in [0.1, 0.15) is 42.6 Å². The lowest BCUT2D eigenvalue weighted by atomic mass is 9.71. The van der Waals surface area contributed by atoms with E-state index >= 15 is 0 Å². The molecule has 7 heteroatoms. The number of likely N-dealkylation sites (tertiary alicyclic amines) is 2. The molecule has 0 aliphatic carbocycles. The monoisotopic (exact) mass is 376 g/mol. The summed E-state index contributed by atoms with van der Waals surface area (Å²) < 4.78 is 7.41. The first-order valence-corrected chi connectivity index (χ1v) is 9.82. The Morgan fingerprint density at radius 3 is 2.48 bits per heavy atom. The van der Waals surface area contributed by atoms with Gasteiger partial charge in [-0.3, -0.25) is 14.3 Å². The Labute approximate surface area is 161 Å². The molecule has 2 aliphatic heterocycles. The fourth-order valence-electron chi connectivity index (χ4n) is 4.71. The van der Waals surface area contributed by atoms with E-state index in [4.69, 9.17) is 4.74 Å². The summed E-state index contributed by atoms with van der Waals surface area (Å²) in [5.41, 5.74) is 2.94. The van der Waals surface area contributed by atoms with Crippen LogP contribution in [0.2, 0.25) is 0 Å². The first-order chi connectivity index (χ1) is 12.8. The summed E-state index contributed by atoms with van der Waals surface area (Å²) in [5.74, 6) is 0.386. The molecular formula is C20H32N4O3. The van der Waals surface area contributed by atoms with Crippen LogP contribution in [0.3, 0.4) is 0 Å². The van der Waals surface area contributed by atoms with Gasteiger partial charge in [0.25, 0.3) is 0 Å². The van der Waals surface area contributed by atoms with Crippen LogP contribution >= 0.6 is 0 Å². The fraction of sp³-hybridized carbons (Fsp3) is 0.750. The van der Waals surface area contributed by atoms with Crippen LogP contribution in [0.5, 0.6) is 0 Å². The second kappa shape index (κ2) is 7.62. The van der Waals surface area contributed by atoms with Crippen molar-refractivity contribution in [3.05, 3.63) is 17.0 Å². The van der Waals surface area contributed by atoms with E-state index in [0.29, 0.717) is 26.1 Å². The zero-order valence-corrected chi connectivity index (χ0v) is 17.2. The first-order valence-electron chi connectivity index (χ1n) is 9.82. The Morgan fingerprint density at radius 2 is 1.93 bits per heavy atom. The van der Waals surface area contributed by atoms with Gasteiger partial charge < -0.3 is 14.5 Å². The van der Waals surface area contributed by atoms with Crippen molar-refractivity contribution in [2.24, 2.45) is 12.5 Å². The van der Waals surface area contributed by atoms with Crippen LogP contribution in [0.4, 0.5) is 0 Å². The molecule has 1 aromatic heterocycles. The zero-order valence-electron chi connectivity index (χ0n) is 17.2. The van der Waals surface area contributed by atoms with Crippen molar-refractivity contribution in [3.63, 3.8) is 0 Å². The Balaban J connectivity index is 1.58. The van der Waals surface area contributed by atoms with Gasteiger partial charge in [-0.25, -0.2) is 0 Å². The third kappa shape index (κ3) is 3.74. The quantitative estimate of drug-likeness (QED) is 0.798. The second-order valence-corrected chi connectivity index (χ2v) is 8.18. The standard InChI is InChI=1S/C20H32N4O3/c1-14-17(15(2)23(4)21-14)6-7-18(25)24-10-8-20(9-11-24)12-16(27-5)13-22(3)19(20)26/h16H,6-13H2,1-5H3. The number of piperidine rings is 2. The van der Waals surface area contributed by atoms with Gasteiger partial charge in [0.2, 0.25) is 11.8 Å². The Bertz CT molecular complexity index is 719. The molecule has 27 heavy (non-hydrogen) atoms. The van der Waals surface area contributed by atoms with Gasteiger partial charge >= 0.3 is 0 Å². The fourth-order valence-corrected chi connectivity index (χ4v) is 4.71. The summed E-state index contributed by atoms with van der Waals surface area (Å²) in [7, 11) is 5.50. The maximum absolute atomic E-state index is 12.8. The summed E-state index contributed by atoms with van der Waals surface area (Å²) in [6.45, 7) is 6.00. The molecule has 0 saturated carbocycles. The minimum atomic E-state index is -0.360. The molecule has 0 bridgehead atoms. The van der Waals surface area contributed by atoms with Crippen LogP contribution < -0.4 is 0 Å². The number of amides is 2. The van der Waals surface area contributed by atoms with E-state index in [-0.39, 0.29) is 23.3 Å². The highest BCUT2D eigenvalue weighted by atomic mass is 16.5. The van der Waals surface area contributed by atoms with Gasteiger partial charge in [0.05, 0.1) is 17.2 Å². The van der Waals surface area contributed by atoms with Gasteiger partial charge in [-0.15, -0.1) is 0 Å². The number of aryl methyl sites for hydroxylation is 2. The molecule has 3 rings (SSSR count). The van der Waals surface area contributed by atoms with Crippen LogP contribution in [0.15, 0.2) is 0 Å². The van der Waals surface area contributed by atoms with Crippen molar-refractivity contribution in [1.82, 2.24) is 19.6 Å². The van der Waals surface area contributed by atoms with Gasteiger partial charge in [0.15, 0.2) is 0 Å². The maximum Gasteiger partial charge on any atom is 0.228 e. The second-order valence-electron chi connectivity index (χ2n) is 8.18. The normalized spacial score (nSPS) is 22.6. The predicted molar refractivity (Wildman–Crippen MR) is 102 cm³/mol. The molecule has 2 fully saturated rings. The zero-order chi connectivity index (χ0) is 19.8. The van der Waals surface area contributed by atoms with Crippen molar-refractivity contribution in [2.45, 2.75) is 52.1 Å². The molecule has 0 radical (unpaired) electrons. The Hall–Kier alpha value is -1.89. The molecule has 150 valence electrons. The molecule has 2 saturated heterocycles. The highest BCUT2D eigenvalue weighted by Gasteiger charge is 2.48. The van der Waals surface area contributed by atoms with Crippen LogP contribution in [0, 0.1) is 19.3 Å². The van der Waals surface area contributed by atoms with E-state index in [1.165, 1.54) is 5.56 Å². The summed E-state index contributed by atoms with van der Waals surface area (Å²) in [5, 5.41) is 4.43. The largest absolute Gasteiger partial charge is 0.380 e. The van der Waals surface area contributed by atoms with E-state index < -0.39 is 0 Å². The van der Waals surface area contributed by atoms with Crippen molar-refractivity contribution >= 4 is 11.8 Å². The Kier molecular flexibility index (Phi) is 5.60. The molecule has 1 unspecified atom stereocenters. The summed E-state index contributed by atoms with van der Waals surface area (Å²) >= 11 is 0. The number of likely N-dealkylation sites (N-methyl/N-ethyl adjacent to an activating group) is 1. The highest BCUT2D eigenvalue weighted by Crippen LogP contribution is 2.41. The molecule has 7 nitrogen and oxygen atoms in total. The molecule has 1 spiro atoms. The first kappa shape index (κ1) is 19.9. The van der Waals surface area contributed by atoms with Crippen molar-refractivity contribution in [1.29, 1.82) is 0 Å². The number of nitrogens with zero attached hydrogens (tertiary/aromatic N) is 4. The third-order valence-corrected chi connectivity index (χ3v) is 6.55. The molecule has 1 aromatic rings. The highest BCUT2D eigenvalue weighted by molar-refractivity contribution is 5.84. The number of carbonyl (C=O) groups is 2. The average molecular weight is 377 g/mol. The minimum Gasteiger partial charge on any atom is -0.380 e. The molecule has 0 aromatic carbocycles. The summed E-state index contributed by atoms with van der Waals surface area (Å²) in [6, 6.07) is 0. The molecule has 0 N–H and O–H groups in total. The van der Waals surface area contributed by atoms with Gasteiger partial charge in [0.1, 0.15) is 0 Å². The van der Waals surface area contributed by atoms with Gasteiger partial charge in [0, 0.05) is 53.0 Å². The number of carbonyl (C=O) groups excluding carboxylic acids is 2. The average Bonchev–Trinajstić information content (AvgIpc) is 2.89. The number of hydrogen-bond donors (Lipinski definition) is 0. The van der Waals surface area contributed by atoms with Crippen molar-refractivity contribution in [3.8, 4) is 0 Å². The molecule has 2 amide bonds. The van der Waals surface area contributed by atoms with E-state index in [1.807, 2.05) is 37.5 Å². The number of hydrogen-bond acceptors (Lipinski definition) is 4. The maximum atomic E-state index is 12.8. The summed E-state index contributed by atoms with van der Waals surface area (Å²) in [6.07, 6.45) is 3.53. The lowest BCUT2D eigenvalue weighted by molar-refractivity contribution is -0.158. The number of aromatic nitrogens is 2. The topological polar surface area (TPSA) is 67.7 Å². The van der Waals surface area contributed by atoms with Crippen LogP contribution in [0.25, 0.3) is 0 Å². The van der Waals surface area contributed by atoms with Crippen molar-refractivity contribution < 1.29 is 14.3 Å². The summed E-state index contributed by atoms with van der Waals surface area (Å²) in [4.78, 5) is 29.2. The Morgan fingerprint density at radius 1 is 1.26 bits per heavy atom. The van der Waals surface area contributed by atoms with E-state index in [1.54, 1.807) is 12.0 Å². The van der Waals surface area contributed by atoms with Gasteiger partial charge in [-0.1, -0.05) is 0 Å². The predicted octanol–water partition coefficient (Wildman–Crippen LogP) is 1.46. The molecule has 2 aliphatic rings. The van der Waals surface area contributed by atoms with Gasteiger partial charge in [-0.05, 0) is 45.1 Å². The van der Waals surface area contributed by atoms with Gasteiger partial charge in [-0.2, -0.15) is 5.10 Å². The molecular weight excluding hydrogens is 344 g/mol. The third-order valence-electron chi connectivity index (χ3n) is 6.55. The lowest BCUT2D eigenvalue weighted by Crippen LogP contribution is -2.57. The van der Waals surface area contributed by atoms with E-state index in [2.05, 4.69) is 5.10 Å². The van der Waals surface area contributed by atoms with Crippen LogP contribution in [-0.4, -0.2) is 71.3 Å².